The van der Waals surface area contributed by atoms with E-state index < -0.39 is 15.9 Å². The molecule has 3 aromatic rings. The molecule has 9 nitrogen and oxygen atoms in total. The zero-order valence-electron chi connectivity index (χ0n) is 17.4. The first-order chi connectivity index (χ1) is 15.3. The van der Waals surface area contributed by atoms with Gasteiger partial charge in [0.2, 0.25) is 21.1 Å². The van der Waals surface area contributed by atoms with Gasteiger partial charge < -0.3 is 10.1 Å². The van der Waals surface area contributed by atoms with Gasteiger partial charge in [-0.3, -0.25) is 9.89 Å². The van der Waals surface area contributed by atoms with Crippen LogP contribution in [0.5, 0.6) is 5.75 Å². The molecule has 0 aliphatic carbocycles. The maximum Gasteiger partial charge on any atom is 0.243 e. The van der Waals surface area contributed by atoms with Gasteiger partial charge in [0.15, 0.2) is 5.82 Å². The summed E-state index contributed by atoms with van der Waals surface area (Å²) in [6.07, 6.45) is 0. The van der Waals surface area contributed by atoms with Crippen LogP contribution in [0.15, 0.2) is 58.6 Å². The molecule has 2 aromatic carbocycles. The van der Waals surface area contributed by atoms with Crippen LogP contribution in [-0.4, -0.2) is 66.8 Å². The van der Waals surface area contributed by atoms with E-state index >= 15 is 0 Å². The lowest BCUT2D eigenvalue weighted by atomic mass is 10.2. The van der Waals surface area contributed by atoms with Gasteiger partial charge in [-0.1, -0.05) is 53.7 Å². The fourth-order valence-corrected chi connectivity index (χ4v) is 4.83. The predicted molar refractivity (Wildman–Crippen MR) is 123 cm³/mol. The molecule has 0 fully saturated rings. The molecule has 1 aromatic heterocycles. The number of hydrogen-bond donors (Lipinski definition) is 2. The second-order valence-corrected chi connectivity index (χ2v) is 10.1. The average molecular weight is 496 g/mol. The molecule has 0 bridgehead atoms. The number of halogens is 1. The van der Waals surface area contributed by atoms with Gasteiger partial charge in [0.25, 0.3) is 0 Å². The molecule has 170 valence electrons. The van der Waals surface area contributed by atoms with E-state index in [0.717, 1.165) is 9.87 Å². The van der Waals surface area contributed by atoms with E-state index in [-0.39, 0.29) is 16.5 Å². The van der Waals surface area contributed by atoms with E-state index in [9.17, 15) is 13.2 Å². The van der Waals surface area contributed by atoms with Gasteiger partial charge in [-0.15, -0.1) is 5.10 Å². The normalized spacial score (nSPS) is 11.5. The molecule has 0 aliphatic rings. The number of thioether (sulfide) groups is 1. The van der Waals surface area contributed by atoms with E-state index in [1.165, 1.54) is 44.1 Å². The molecule has 0 atom stereocenters. The Kier molecular flexibility index (Phi) is 8.13. The number of aromatic amines is 1. The van der Waals surface area contributed by atoms with Crippen LogP contribution in [0.1, 0.15) is 0 Å². The maximum absolute atomic E-state index is 12.7. The highest BCUT2D eigenvalue weighted by Crippen LogP contribution is 2.28. The van der Waals surface area contributed by atoms with Crippen molar-refractivity contribution in [2.75, 3.05) is 33.0 Å². The second kappa shape index (κ2) is 10.8. The van der Waals surface area contributed by atoms with E-state index in [0.29, 0.717) is 29.0 Å². The Labute approximate surface area is 195 Å². The summed E-state index contributed by atoms with van der Waals surface area (Å²) in [7, 11) is -1.10. The van der Waals surface area contributed by atoms with Crippen LogP contribution in [0.4, 0.5) is 0 Å². The molecule has 2 N–H and O–H groups in total. The minimum Gasteiger partial charge on any atom is -0.495 e. The van der Waals surface area contributed by atoms with Crippen molar-refractivity contribution in [3.8, 4) is 17.1 Å². The summed E-state index contributed by atoms with van der Waals surface area (Å²) in [5, 5.41) is 10.5. The predicted octanol–water partition coefficient (Wildman–Crippen LogP) is 2.66. The first-order valence-electron chi connectivity index (χ1n) is 9.48. The standard InChI is InChI=1S/C20H22ClN5O4S2/c1-26(32(28,29)15-8-9-17(30-2)16(21)12-15)13-18(27)22-10-11-31-20-23-19(24-25-20)14-6-4-3-5-7-14/h3-9,12H,10-11,13H2,1-2H3,(H,22,27)(H,23,24,25). The van der Waals surface area contributed by atoms with E-state index in [1.807, 2.05) is 30.3 Å². The number of amides is 1. The number of aromatic nitrogens is 3. The quantitative estimate of drug-likeness (QED) is 0.328. The topological polar surface area (TPSA) is 117 Å². The minimum atomic E-state index is -3.88. The minimum absolute atomic E-state index is 0.0204. The lowest BCUT2D eigenvalue weighted by molar-refractivity contribution is -0.121. The highest BCUT2D eigenvalue weighted by atomic mass is 35.5. The summed E-state index contributed by atoms with van der Waals surface area (Å²) in [4.78, 5) is 16.6. The first kappa shape index (κ1) is 24.1. The summed E-state index contributed by atoms with van der Waals surface area (Å²) in [6, 6.07) is 13.8. The zero-order chi connectivity index (χ0) is 23.1. The number of rotatable bonds is 10. The first-order valence-corrected chi connectivity index (χ1v) is 12.3. The number of carbonyl (C=O) groups is 1. The lowest BCUT2D eigenvalue weighted by Gasteiger charge is -2.17. The van der Waals surface area contributed by atoms with E-state index in [1.54, 1.807) is 0 Å². The Balaban J connectivity index is 1.46. The molecule has 0 aliphatic heterocycles. The van der Waals surface area contributed by atoms with Crippen LogP contribution in [0, 0.1) is 0 Å². The molecule has 12 heteroatoms. The van der Waals surface area contributed by atoms with Gasteiger partial charge in [-0.2, -0.15) is 4.31 Å². The average Bonchev–Trinajstić information content (AvgIpc) is 3.26. The SMILES string of the molecule is COc1ccc(S(=O)(=O)N(C)CC(=O)NCCSc2n[nH]c(-c3ccccc3)n2)cc1Cl. The van der Waals surface area contributed by atoms with E-state index in [2.05, 4.69) is 20.5 Å². The second-order valence-electron chi connectivity index (χ2n) is 6.59. The van der Waals surface area contributed by atoms with Crippen molar-refractivity contribution in [3.05, 3.63) is 53.6 Å². The molecular weight excluding hydrogens is 474 g/mol. The molecule has 0 unspecified atom stereocenters. The van der Waals surface area contributed by atoms with Gasteiger partial charge >= 0.3 is 0 Å². The Bertz CT molecular complexity index is 1170. The van der Waals surface area contributed by atoms with Crippen LogP contribution in [0.3, 0.4) is 0 Å². The van der Waals surface area contributed by atoms with Crippen molar-refractivity contribution in [2.24, 2.45) is 0 Å². The fraction of sp³-hybridized carbons (Fsp3) is 0.250. The van der Waals surface area contributed by atoms with Crippen LogP contribution >= 0.6 is 23.4 Å². The van der Waals surface area contributed by atoms with Crippen molar-refractivity contribution < 1.29 is 17.9 Å². The van der Waals surface area contributed by atoms with Crippen LogP contribution in [0.25, 0.3) is 11.4 Å². The number of ether oxygens (including phenoxy) is 1. The summed E-state index contributed by atoms with van der Waals surface area (Å²) in [5.41, 5.74) is 0.933. The molecule has 32 heavy (non-hydrogen) atoms. The smallest absolute Gasteiger partial charge is 0.243 e. The van der Waals surface area contributed by atoms with Crippen LogP contribution < -0.4 is 10.1 Å². The molecule has 3 rings (SSSR count). The summed E-state index contributed by atoms with van der Waals surface area (Å²) in [5.74, 6) is 1.15. The zero-order valence-corrected chi connectivity index (χ0v) is 19.8. The Hall–Kier alpha value is -2.60. The number of nitrogens with zero attached hydrogens (tertiary/aromatic N) is 3. The number of hydrogen-bond acceptors (Lipinski definition) is 7. The van der Waals surface area contributed by atoms with Crippen molar-refractivity contribution in [1.82, 2.24) is 24.8 Å². The molecular formula is C20H22ClN5O4S2. The summed E-state index contributed by atoms with van der Waals surface area (Å²) < 4.78 is 31.4. The van der Waals surface area contributed by atoms with Gasteiger partial charge in [-0.25, -0.2) is 13.4 Å². The highest BCUT2D eigenvalue weighted by molar-refractivity contribution is 7.99. The number of methoxy groups -OCH3 is 1. The highest BCUT2D eigenvalue weighted by Gasteiger charge is 2.24. The summed E-state index contributed by atoms with van der Waals surface area (Å²) >= 11 is 7.39. The van der Waals surface area contributed by atoms with Crippen molar-refractivity contribution in [1.29, 1.82) is 0 Å². The largest absolute Gasteiger partial charge is 0.495 e. The Morgan fingerprint density at radius 2 is 2.00 bits per heavy atom. The third kappa shape index (κ3) is 6.00. The van der Waals surface area contributed by atoms with Crippen LogP contribution in [0.2, 0.25) is 5.02 Å². The molecule has 0 saturated carbocycles. The van der Waals surface area contributed by atoms with Crippen molar-refractivity contribution in [2.45, 2.75) is 10.1 Å². The molecule has 1 heterocycles. The molecule has 0 radical (unpaired) electrons. The number of benzene rings is 2. The van der Waals surface area contributed by atoms with Crippen LogP contribution in [-0.2, 0) is 14.8 Å². The molecule has 1 amide bonds. The Morgan fingerprint density at radius 3 is 2.69 bits per heavy atom. The monoisotopic (exact) mass is 495 g/mol. The third-order valence-electron chi connectivity index (χ3n) is 4.37. The van der Waals surface area contributed by atoms with Crippen molar-refractivity contribution >= 4 is 39.3 Å². The Morgan fingerprint density at radius 1 is 1.25 bits per heavy atom. The number of sulfonamides is 1. The molecule has 0 spiro atoms. The van der Waals surface area contributed by atoms with Gasteiger partial charge in [0.05, 0.1) is 23.6 Å². The molecule has 0 saturated heterocycles. The summed E-state index contributed by atoms with van der Waals surface area (Å²) in [6.45, 7) is 0.0103. The van der Waals surface area contributed by atoms with Gasteiger partial charge in [-0.05, 0) is 18.2 Å². The lowest BCUT2D eigenvalue weighted by Crippen LogP contribution is -2.39. The van der Waals surface area contributed by atoms with E-state index in [4.69, 9.17) is 16.3 Å². The fourth-order valence-electron chi connectivity index (χ4n) is 2.70. The number of H-pyrrole nitrogens is 1. The van der Waals surface area contributed by atoms with Gasteiger partial charge in [0, 0.05) is 24.9 Å². The number of nitrogens with one attached hydrogen (secondary N) is 2. The maximum atomic E-state index is 12.7. The van der Waals surface area contributed by atoms with Gasteiger partial charge in [0.1, 0.15) is 5.75 Å². The number of carbonyl (C=O) groups excluding carboxylic acids is 1. The number of likely N-dealkylation sites (N-methyl/N-ethyl adjacent to an activating group) is 1. The third-order valence-corrected chi connectivity index (χ3v) is 7.31. The van der Waals surface area contributed by atoms with Crippen molar-refractivity contribution in [3.63, 3.8) is 0 Å².